The molecule has 2 heteroatoms. The predicted molar refractivity (Wildman–Crippen MR) is 91.8 cm³/mol. The van der Waals surface area contributed by atoms with E-state index in [1.807, 2.05) is 6.92 Å². The van der Waals surface area contributed by atoms with Crippen LogP contribution in [0.2, 0.25) is 0 Å². The molecule has 2 rings (SSSR count). The van der Waals surface area contributed by atoms with Crippen LogP contribution < -0.4 is 0 Å². The number of rotatable bonds is 2. The first kappa shape index (κ1) is 17.5. The number of allylic oxidation sites excluding steroid dienone is 3. The Morgan fingerprint density at radius 2 is 2.09 bits per heavy atom. The quantitative estimate of drug-likeness (QED) is 0.525. The van der Waals surface area contributed by atoms with Crippen molar-refractivity contribution in [1.29, 1.82) is 0 Å². The molecule has 0 spiro atoms. The van der Waals surface area contributed by atoms with Crippen LogP contribution in [0.15, 0.2) is 23.8 Å². The van der Waals surface area contributed by atoms with Crippen LogP contribution in [0.3, 0.4) is 0 Å². The first-order valence-electron chi connectivity index (χ1n) is 8.79. The highest BCUT2D eigenvalue weighted by Gasteiger charge is 2.51. The van der Waals surface area contributed by atoms with E-state index in [4.69, 9.17) is 4.74 Å². The second-order valence-electron chi connectivity index (χ2n) is 7.99. The van der Waals surface area contributed by atoms with Gasteiger partial charge in [-0.15, -0.1) is 0 Å². The van der Waals surface area contributed by atoms with Crippen LogP contribution in [0.1, 0.15) is 66.7 Å². The minimum Gasteiger partial charge on any atom is -0.366 e. The number of ether oxygens (including phenoxy) is 1. The molecule has 1 fully saturated rings. The normalized spacial score (nSPS) is 39.3. The third-order valence-electron chi connectivity index (χ3n) is 5.42. The third kappa shape index (κ3) is 4.10. The summed E-state index contributed by atoms with van der Waals surface area (Å²) >= 11 is 0. The van der Waals surface area contributed by atoms with Crippen LogP contribution in [0.25, 0.3) is 0 Å². The average molecular weight is 304 g/mol. The monoisotopic (exact) mass is 304 g/mol. The van der Waals surface area contributed by atoms with Crippen LogP contribution in [0, 0.1) is 17.8 Å². The van der Waals surface area contributed by atoms with Crippen molar-refractivity contribution in [2.24, 2.45) is 17.8 Å². The Kier molecular flexibility index (Phi) is 5.32. The molecule has 0 aromatic carbocycles. The molecule has 0 N–H and O–H groups in total. The molecular formula is C20H32O2. The van der Waals surface area contributed by atoms with Crippen molar-refractivity contribution in [3.05, 3.63) is 23.8 Å². The molecule has 124 valence electrons. The van der Waals surface area contributed by atoms with Crippen molar-refractivity contribution < 1.29 is 9.53 Å². The van der Waals surface area contributed by atoms with Gasteiger partial charge in [-0.3, -0.25) is 4.79 Å². The first-order valence-corrected chi connectivity index (χ1v) is 8.79. The molecule has 2 nitrogen and oxygen atoms in total. The van der Waals surface area contributed by atoms with Crippen molar-refractivity contribution in [1.82, 2.24) is 0 Å². The standard InChI is InChI=1S/C20H32O2/c1-13(2)16-9-10-20(6)19(22-20)8-7-15(5)11-18(21)17(12-16)14(3)4/h12-13,15,17,19H,3,7-11H2,1-2,4-6H3/b16-12+/t15-,17?,19+,20+/m0/s1. The van der Waals surface area contributed by atoms with Crippen molar-refractivity contribution >= 4 is 5.78 Å². The van der Waals surface area contributed by atoms with Gasteiger partial charge in [-0.05, 0) is 51.4 Å². The van der Waals surface area contributed by atoms with Gasteiger partial charge in [-0.25, -0.2) is 0 Å². The molecule has 1 heterocycles. The largest absolute Gasteiger partial charge is 0.366 e. The molecular weight excluding hydrogens is 272 g/mol. The Morgan fingerprint density at radius 3 is 2.68 bits per heavy atom. The minimum atomic E-state index is -0.108. The topological polar surface area (TPSA) is 29.6 Å². The molecule has 0 aromatic heterocycles. The fourth-order valence-corrected chi connectivity index (χ4v) is 3.56. The average Bonchev–Trinajstić information content (AvgIpc) is 3.05. The van der Waals surface area contributed by atoms with E-state index in [1.165, 1.54) is 5.57 Å². The van der Waals surface area contributed by atoms with E-state index in [0.29, 0.717) is 30.1 Å². The first-order chi connectivity index (χ1) is 10.2. The fourth-order valence-electron chi connectivity index (χ4n) is 3.56. The Bertz CT molecular complexity index is 474. The maximum absolute atomic E-state index is 12.7. The molecule has 0 radical (unpaired) electrons. The molecule has 0 amide bonds. The minimum absolute atomic E-state index is 0.0651. The van der Waals surface area contributed by atoms with E-state index in [1.54, 1.807) is 0 Å². The highest BCUT2D eigenvalue weighted by molar-refractivity contribution is 5.85. The van der Waals surface area contributed by atoms with Gasteiger partial charge in [0.05, 0.1) is 17.6 Å². The number of hydrogen-bond donors (Lipinski definition) is 0. The SMILES string of the molecule is C=C(C)C1/C=C(/C(C)C)CC[C@@]2(C)O[C@@H]2CC[C@H](C)CC1=O. The van der Waals surface area contributed by atoms with Crippen molar-refractivity contribution in [2.75, 3.05) is 0 Å². The number of epoxide rings is 1. The number of hydrogen-bond acceptors (Lipinski definition) is 2. The van der Waals surface area contributed by atoms with E-state index in [0.717, 1.165) is 31.3 Å². The Morgan fingerprint density at radius 1 is 1.41 bits per heavy atom. The number of fused-ring (bicyclic) bond motifs is 1. The van der Waals surface area contributed by atoms with Crippen LogP contribution in [-0.2, 0) is 9.53 Å². The highest BCUT2D eigenvalue weighted by atomic mass is 16.6. The molecule has 1 aliphatic carbocycles. The Balaban J connectivity index is 2.26. The molecule has 0 bridgehead atoms. The zero-order valence-electron chi connectivity index (χ0n) is 14.9. The number of carbonyl (C=O) groups is 1. The fraction of sp³-hybridized carbons (Fsp3) is 0.750. The summed E-state index contributed by atoms with van der Waals surface area (Å²) in [5, 5.41) is 0. The molecule has 4 atom stereocenters. The number of ketones is 1. The number of Topliss-reactive ketones (excluding diaryl/α,β-unsaturated/α-hetero) is 1. The van der Waals surface area contributed by atoms with E-state index < -0.39 is 0 Å². The second-order valence-corrected chi connectivity index (χ2v) is 7.99. The summed E-state index contributed by atoms with van der Waals surface area (Å²) < 4.78 is 5.97. The van der Waals surface area contributed by atoms with Gasteiger partial charge in [0.2, 0.25) is 0 Å². The predicted octanol–water partition coefficient (Wildman–Crippen LogP) is 5.09. The molecule has 2 aliphatic rings. The van der Waals surface area contributed by atoms with Gasteiger partial charge in [-0.1, -0.05) is 44.6 Å². The van der Waals surface area contributed by atoms with Crippen molar-refractivity contribution in [3.63, 3.8) is 0 Å². The Hall–Kier alpha value is -0.890. The molecule has 0 aromatic rings. The molecule has 1 aliphatic heterocycles. The lowest BCUT2D eigenvalue weighted by Crippen LogP contribution is -2.20. The van der Waals surface area contributed by atoms with E-state index in [-0.39, 0.29) is 11.5 Å². The maximum Gasteiger partial charge on any atom is 0.144 e. The van der Waals surface area contributed by atoms with Crippen LogP contribution >= 0.6 is 0 Å². The lowest BCUT2D eigenvalue weighted by molar-refractivity contribution is -0.121. The lowest BCUT2D eigenvalue weighted by Gasteiger charge is -2.21. The number of carbonyl (C=O) groups excluding carboxylic acids is 1. The Labute approximate surface area is 136 Å². The van der Waals surface area contributed by atoms with Crippen molar-refractivity contribution in [3.8, 4) is 0 Å². The van der Waals surface area contributed by atoms with Crippen LogP contribution in [0.5, 0.6) is 0 Å². The zero-order chi connectivity index (χ0) is 16.5. The second kappa shape index (κ2) is 6.70. The van der Waals surface area contributed by atoms with E-state index in [2.05, 4.69) is 40.3 Å². The molecule has 0 saturated carbocycles. The van der Waals surface area contributed by atoms with Gasteiger partial charge in [0, 0.05) is 6.42 Å². The molecule has 22 heavy (non-hydrogen) atoms. The van der Waals surface area contributed by atoms with Gasteiger partial charge < -0.3 is 4.74 Å². The zero-order valence-corrected chi connectivity index (χ0v) is 14.9. The maximum atomic E-state index is 12.7. The summed E-state index contributed by atoms with van der Waals surface area (Å²) in [6.45, 7) is 14.9. The third-order valence-corrected chi connectivity index (χ3v) is 5.42. The van der Waals surface area contributed by atoms with Crippen LogP contribution in [0.4, 0.5) is 0 Å². The van der Waals surface area contributed by atoms with Gasteiger partial charge in [0.1, 0.15) is 5.78 Å². The van der Waals surface area contributed by atoms with E-state index in [9.17, 15) is 4.79 Å². The summed E-state index contributed by atoms with van der Waals surface area (Å²) in [7, 11) is 0. The van der Waals surface area contributed by atoms with Crippen LogP contribution in [-0.4, -0.2) is 17.5 Å². The smallest absolute Gasteiger partial charge is 0.144 e. The van der Waals surface area contributed by atoms with Gasteiger partial charge >= 0.3 is 0 Å². The highest BCUT2D eigenvalue weighted by Crippen LogP contribution is 2.45. The van der Waals surface area contributed by atoms with Gasteiger partial charge in [-0.2, -0.15) is 0 Å². The molecule has 1 saturated heterocycles. The lowest BCUT2D eigenvalue weighted by atomic mass is 9.82. The van der Waals surface area contributed by atoms with Gasteiger partial charge in [0.25, 0.3) is 0 Å². The van der Waals surface area contributed by atoms with Gasteiger partial charge in [0.15, 0.2) is 0 Å². The van der Waals surface area contributed by atoms with Crippen molar-refractivity contribution in [2.45, 2.75) is 78.4 Å². The summed E-state index contributed by atoms with van der Waals surface area (Å²) in [5.41, 5.74) is 2.42. The summed E-state index contributed by atoms with van der Waals surface area (Å²) in [5.74, 6) is 1.12. The van der Waals surface area contributed by atoms with E-state index >= 15 is 0 Å². The summed E-state index contributed by atoms with van der Waals surface area (Å²) in [6, 6.07) is 0. The summed E-state index contributed by atoms with van der Waals surface area (Å²) in [4.78, 5) is 12.7. The summed E-state index contributed by atoms with van der Waals surface area (Å²) in [6.07, 6.45) is 7.51. The molecule has 1 unspecified atom stereocenters.